The molecule has 1 atom stereocenters. The molecule has 0 bridgehead atoms. The molecule has 6 nitrogen and oxygen atoms in total. The van der Waals surface area contributed by atoms with Crippen LogP contribution in [0.1, 0.15) is 37.5 Å². The van der Waals surface area contributed by atoms with Crippen molar-refractivity contribution in [3.63, 3.8) is 0 Å². The van der Waals surface area contributed by atoms with Crippen LogP contribution in [0.15, 0.2) is 69.9 Å². The van der Waals surface area contributed by atoms with E-state index in [1.807, 2.05) is 48.0 Å². The third kappa shape index (κ3) is 5.72. The Balaban J connectivity index is 1.85. The first-order valence-corrected chi connectivity index (χ1v) is 11.8. The molecule has 0 fully saturated rings. The first-order valence-electron chi connectivity index (χ1n) is 10.9. The number of hydrogen-bond acceptors (Lipinski definition) is 7. The van der Waals surface area contributed by atoms with Crippen LogP contribution in [0.2, 0.25) is 0 Å². The van der Waals surface area contributed by atoms with Gasteiger partial charge < -0.3 is 15.4 Å². The van der Waals surface area contributed by atoms with E-state index >= 15 is 0 Å². The minimum atomic E-state index is -0.638. The van der Waals surface area contributed by atoms with E-state index in [2.05, 4.69) is 50.4 Å². The minimum Gasteiger partial charge on any atom is -0.452 e. The van der Waals surface area contributed by atoms with E-state index in [9.17, 15) is 0 Å². The maximum atomic E-state index is 8.47. The Kier molecular flexibility index (Phi) is 7.99. The molecule has 0 amide bonds. The molecule has 0 aromatic heterocycles. The number of rotatable bonds is 8. The molecule has 1 aliphatic heterocycles. The van der Waals surface area contributed by atoms with Gasteiger partial charge in [-0.2, -0.15) is 0 Å². The predicted octanol–water partition coefficient (Wildman–Crippen LogP) is 4.20. The van der Waals surface area contributed by atoms with Crippen molar-refractivity contribution < 1.29 is 4.74 Å². The Hall–Kier alpha value is -2.77. The van der Waals surface area contributed by atoms with Crippen LogP contribution in [-0.2, 0) is 11.2 Å². The fraction of sp³-hybridized carbons (Fsp3) is 0.360. The van der Waals surface area contributed by atoms with Gasteiger partial charge in [0.1, 0.15) is 11.5 Å². The quantitative estimate of drug-likeness (QED) is 0.242. The molecule has 2 aromatic carbocycles. The highest BCUT2D eigenvalue weighted by atomic mass is 32.2. The number of nitrogens with zero attached hydrogens (tertiary/aromatic N) is 2. The van der Waals surface area contributed by atoms with E-state index < -0.39 is 6.23 Å². The van der Waals surface area contributed by atoms with Crippen LogP contribution in [0, 0.1) is 5.41 Å². The number of aliphatic imine (C=N–C) groups is 1. The van der Waals surface area contributed by atoms with E-state index in [1.54, 1.807) is 7.05 Å². The summed E-state index contributed by atoms with van der Waals surface area (Å²) < 4.78 is 5.99. The van der Waals surface area contributed by atoms with Gasteiger partial charge in [-0.1, -0.05) is 45.0 Å². The largest absolute Gasteiger partial charge is 0.452 e. The summed E-state index contributed by atoms with van der Waals surface area (Å²) in [5.74, 6) is 0.621. The molecular formula is C25H33N5OS. The van der Waals surface area contributed by atoms with Crippen molar-refractivity contribution in [1.29, 1.82) is 5.41 Å². The van der Waals surface area contributed by atoms with Gasteiger partial charge >= 0.3 is 0 Å². The zero-order valence-corrected chi connectivity index (χ0v) is 20.3. The van der Waals surface area contributed by atoms with Crippen molar-refractivity contribution in [1.82, 2.24) is 10.2 Å². The summed E-state index contributed by atoms with van der Waals surface area (Å²) in [4.78, 5) is 8.06. The molecular weight excluding hydrogens is 418 g/mol. The maximum absolute atomic E-state index is 8.47. The smallest absolute Gasteiger partial charge is 0.215 e. The van der Waals surface area contributed by atoms with E-state index in [-0.39, 0.29) is 5.90 Å². The lowest BCUT2D eigenvalue weighted by atomic mass is 10.1. The van der Waals surface area contributed by atoms with Crippen molar-refractivity contribution in [2.45, 2.75) is 43.6 Å². The van der Waals surface area contributed by atoms with Crippen molar-refractivity contribution in [3.05, 3.63) is 76.7 Å². The summed E-state index contributed by atoms with van der Waals surface area (Å²) in [6.07, 6.45) is 0.267. The Morgan fingerprint density at radius 1 is 1.25 bits per heavy atom. The molecule has 3 rings (SSSR count). The molecule has 4 N–H and O–H groups in total. The van der Waals surface area contributed by atoms with Gasteiger partial charge in [0.2, 0.25) is 5.90 Å². The van der Waals surface area contributed by atoms with Crippen molar-refractivity contribution in [3.8, 4) is 0 Å². The van der Waals surface area contributed by atoms with Gasteiger partial charge in [-0.15, -0.1) is 11.8 Å². The summed E-state index contributed by atoms with van der Waals surface area (Å²) in [5.41, 5.74) is 10.8. The second-order valence-electron chi connectivity index (χ2n) is 8.05. The highest BCUT2D eigenvalue weighted by Gasteiger charge is 2.26. The van der Waals surface area contributed by atoms with Crippen LogP contribution in [0.3, 0.4) is 0 Å². The molecule has 0 radical (unpaired) electrons. The highest BCUT2D eigenvalue weighted by Crippen LogP contribution is 2.25. The number of nitrogens with two attached hydrogens (primary N) is 1. The fourth-order valence-electron chi connectivity index (χ4n) is 3.46. The number of thioether (sulfide) groups is 1. The Morgan fingerprint density at radius 2 is 1.97 bits per heavy atom. The van der Waals surface area contributed by atoms with Gasteiger partial charge in [0.05, 0.1) is 12.3 Å². The topological polar surface area (TPSA) is 86.7 Å². The zero-order valence-electron chi connectivity index (χ0n) is 19.5. The molecule has 32 heavy (non-hydrogen) atoms. The van der Waals surface area contributed by atoms with Crippen LogP contribution < -0.4 is 11.1 Å². The molecule has 1 aliphatic rings. The van der Waals surface area contributed by atoms with Gasteiger partial charge in [0.25, 0.3) is 0 Å². The molecule has 2 aromatic rings. The molecule has 0 saturated heterocycles. The number of hydrogen-bond donors (Lipinski definition) is 3. The Bertz CT molecular complexity index is 1010. The summed E-state index contributed by atoms with van der Waals surface area (Å²) in [6, 6.07) is 16.3. The lowest BCUT2D eigenvalue weighted by molar-refractivity contribution is 0.188. The van der Waals surface area contributed by atoms with Crippen LogP contribution in [0.4, 0.5) is 0 Å². The Labute approximate surface area is 195 Å². The van der Waals surface area contributed by atoms with E-state index in [0.29, 0.717) is 23.3 Å². The molecule has 170 valence electrons. The number of aryl methyl sites for hydroxylation is 1. The second-order valence-corrected chi connectivity index (χ2v) is 9.70. The third-order valence-corrected chi connectivity index (χ3v) is 6.23. The number of ether oxygens (including phenoxy) is 1. The van der Waals surface area contributed by atoms with Gasteiger partial charge in [-0.05, 0) is 48.9 Å². The monoisotopic (exact) mass is 451 g/mol. The van der Waals surface area contributed by atoms with Crippen LogP contribution in [0.25, 0.3) is 0 Å². The SMILES string of the molecule is CCc1cccc(C(=N)OC(NC)C2=C(N)N(C)CC(c3ccc(SC(C)C)cc3)=N2)c1. The minimum absolute atomic E-state index is 0.0833. The van der Waals surface area contributed by atoms with E-state index in [0.717, 1.165) is 28.8 Å². The predicted molar refractivity (Wildman–Crippen MR) is 134 cm³/mol. The Morgan fingerprint density at radius 3 is 2.59 bits per heavy atom. The lowest BCUT2D eigenvalue weighted by Gasteiger charge is -2.30. The molecule has 0 saturated carbocycles. The van der Waals surface area contributed by atoms with Gasteiger partial charge in [-0.25, -0.2) is 4.99 Å². The second kappa shape index (κ2) is 10.7. The number of likely N-dealkylation sites (N-methyl/N-ethyl adjacent to an activating group) is 2. The first-order chi connectivity index (χ1) is 15.3. The lowest BCUT2D eigenvalue weighted by Crippen LogP contribution is -2.41. The summed E-state index contributed by atoms with van der Waals surface area (Å²) in [5, 5.41) is 12.1. The summed E-state index contributed by atoms with van der Waals surface area (Å²) >= 11 is 1.84. The van der Waals surface area contributed by atoms with E-state index in [1.165, 1.54) is 4.90 Å². The van der Waals surface area contributed by atoms with Crippen LogP contribution >= 0.6 is 11.8 Å². The van der Waals surface area contributed by atoms with Gasteiger partial charge in [0.15, 0.2) is 6.23 Å². The molecule has 0 aliphatic carbocycles. The number of nitrogens with one attached hydrogen (secondary N) is 2. The number of benzene rings is 2. The van der Waals surface area contributed by atoms with Gasteiger partial charge in [0, 0.05) is 22.8 Å². The molecule has 0 spiro atoms. The highest BCUT2D eigenvalue weighted by molar-refractivity contribution is 7.99. The fourth-order valence-corrected chi connectivity index (χ4v) is 4.30. The summed E-state index contributed by atoms with van der Waals surface area (Å²) in [6.45, 7) is 7.07. The summed E-state index contributed by atoms with van der Waals surface area (Å²) in [7, 11) is 3.72. The van der Waals surface area contributed by atoms with Crippen molar-refractivity contribution in [2.24, 2.45) is 10.7 Å². The standard InChI is InChI=1S/C25H33N5OS/c1-6-17-8-7-9-19(14-17)24(27)31-25(28-4)22-23(26)30(5)15-21(29-22)18-10-12-20(13-11-18)32-16(2)3/h7-14,16,25,27-28H,6,15,26H2,1-5H3. The average Bonchev–Trinajstić information content (AvgIpc) is 2.79. The van der Waals surface area contributed by atoms with Gasteiger partial charge in [-0.3, -0.25) is 10.7 Å². The van der Waals surface area contributed by atoms with Crippen molar-refractivity contribution >= 4 is 23.4 Å². The van der Waals surface area contributed by atoms with E-state index in [4.69, 9.17) is 20.9 Å². The maximum Gasteiger partial charge on any atom is 0.215 e. The average molecular weight is 452 g/mol. The normalized spacial score (nSPS) is 15.1. The van der Waals surface area contributed by atoms with Crippen LogP contribution in [0.5, 0.6) is 0 Å². The first kappa shape index (κ1) is 23.9. The zero-order chi connectivity index (χ0) is 23.3. The van der Waals surface area contributed by atoms with Crippen molar-refractivity contribution in [2.75, 3.05) is 20.6 Å². The molecule has 7 heteroatoms. The molecule has 1 unspecified atom stereocenters. The molecule has 1 heterocycles. The van der Waals surface area contributed by atoms with Crippen LogP contribution in [-0.4, -0.2) is 48.6 Å². The third-order valence-electron chi connectivity index (χ3n) is 5.22.